The molecule has 0 aliphatic heterocycles. The Morgan fingerprint density at radius 3 is 2.75 bits per heavy atom. The second kappa shape index (κ2) is 9.79. The molecule has 1 aromatic carbocycles. The van der Waals surface area contributed by atoms with E-state index in [2.05, 4.69) is 6.08 Å². The molecule has 4 heteroatoms. The molecule has 0 atom stereocenters. The van der Waals surface area contributed by atoms with E-state index in [0.29, 0.717) is 25.3 Å². The summed E-state index contributed by atoms with van der Waals surface area (Å²) in [5.41, 5.74) is 3.43. The van der Waals surface area contributed by atoms with E-state index in [-0.39, 0.29) is 5.69 Å². The molecule has 0 amide bonds. The Morgan fingerprint density at radius 1 is 1.14 bits per heavy atom. The summed E-state index contributed by atoms with van der Waals surface area (Å²) in [7, 11) is 0. The fraction of sp³-hybridized carbons (Fsp3) is 0.292. The van der Waals surface area contributed by atoms with E-state index in [9.17, 15) is 9.90 Å². The minimum absolute atomic E-state index is 0.0402. The van der Waals surface area contributed by atoms with Crippen LogP contribution in [0.3, 0.4) is 0 Å². The number of hydrogen-bond donors (Lipinski definition) is 1. The number of allylic oxidation sites excluding steroid dienone is 7. The number of rotatable bonds is 8. The van der Waals surface area contributed by atoms with E-state index in [4.69, 9.17) is 0 Å². The number of imidazole rings is 1. The zero-order valence-corrected chi connectivity index (χ0v) is 16.4. The molecule has 2 aromatic rings. The van der Waals surface area contributed by atoms with Gasteiger partial charge in [0.05, 0.1) is 12.3 Å². The van der Waals surface area contributed by atoms with Crippen molar-refractivity contribution in [2.75, 3.05) is 0 Å². The lowest BCUT2D eigenvalue weighted by atomic mass is 10.1. The first-order chi connectivity index (χ1) is 13.7. The van der Waals surface area contributed by atoms with Crippen molar-refractivity contribution in [1.29, 1.82) is 0 Å². The summed E-state index contributed by atoms with van der Waals surface area (Å²) >= 11 is 0. The van der Waals surface area contributed by atoms with Crippen molar-refractivity contribution in [1.82, 2.24) is 9.13 Å². The van der Waals surface area contributed by atoms with Gasteiger partial charge in [0.1, 0.15) is 0 Å². The van der Waals surface area contributed by atoms with Crippen LogP contribution in [0.15, 0.2) is 89.1 Å². The maximum absolute atomic E-state index is 12.9. The first kappa shape index (κ1) is 19.7. The molecular formula is C24H28N2O2. The molecule has 1 heterocycles. The molecule has 0 radical (unpaired) electrons. The molecule has 0 spiro atoms. The van der Waals surface area contributed by atoms with Crippen molar-refractivity contribution in [3.05, 3.63) is 106 Å². The average Bonchev–Trinajstić information content (AvgIpc) is 2.85. The SMILES string of the molecule is C/C=C/Cn1c(CCCC2=CC=C(O)CC=C2)cn(Cc2ccccc2)c1=O. The number of aliphatic hydroxyl groups excluding tert-OH is 1. The van der Waals surface area contributed by atoms with Crippen LogP contribution >= 0.6 is 0 Å². The number of aliphatic hydroxyl groups is 1. The van der Waals surface area contributed by atoms with E-state index < -0.39 is 0 Å². The molecular weight excluding hydrogens is 348 g/mol. The Kier molecular flexibility index (Phi) is 6.90. The third-order valence-electron chi connectivity index (χ3n) is 4.89. The van der Waals surface area contributed by atoms with Crippen LogP contribution in [0.25, 0.3) is 0 Å². The monoisotopic (exact) mass is 376 g/mol. The highest BCUT2D eigenvalue weighted by Gasteiger charge is 2.11. The Morgan fingerprint density at radius 2 is 1.96 bits per heavy atom. The zero-order valence-electron chi connectivity index (χ0n) is 16.4. The molecule has 146 valence electrons. The number of aromatic nitrogens is 2. The molecule has 0 saturated carbocycles. The van der Waals surface area contributed by atoms with E-state index in [1.807, 2.05) is 72.3 Å². The van der Waals surface area contributed by atoms with E-state index >= 15 is 0 Å². The van der Waals surface area contributed by atoms with Crippen molar-refractivity contribution in [2.45, 2.75) is 45.7 Å². The lowest BCUT2D eigenvalue weighted by Crippen LogP contribution is -2.25. The highest BCUT2D eigenvalue weighted by atomic mass is 16.3. The van der Waals surface area contributed by atoms with Gasteiger partial charge in [-0.2, -0.15) is 0 Å². The summed E-state index contributed by atoms with van der Waals surface area (Å²) in [6.07, 6.45) is 17.1. The average molecular weight is 377 g/mol. The quantitative estimate of drug-likeness (QED) is 0.665. The normalized spacial score (nSPS) is 14.2. The fourth-order valence-electron chi connectivity index (χ4n) is 3.38. The van der Waals surface area contributed by atoms with Gasteiger partial charge in [0.2, 0.25) is 0 Å². The lowest BCUT2D eigenvalue weighted by Gasteiger charge is -2.05. The number of benzene rings is 1. The molecule has 3 rings (SSSR count). The molecule has 4 nitrogen and oxygen atoms in total. The summed E-state index contributed by atoms with van der Waals surface area (Å²) in [4.78, 5) is 12.9. The summed E-state index contributed by atoms with van der Waals surface area (Å²) in [6.45, 7) is 3.17. The predicted molar refractivity (Wildman–Crippen MR) is 115 cm³/mol. The molecule has 1 aliphatic rings. The summed E-state index contributed by atoms with van der Waals surface area (Å²) in [5.74, 6) is 0.393. The topological polar surface area (TPSA) is 47.2 Å². The maximum Gasteiger partial charge on any atom is 0.328 e. The first-order valence-electron chi connectivity index (χ1n) is 9.86. The van der Waals surface area contributed by atoms with Gasteiger partial charge in [-0.15, -0.1) is 0 Å². The fourth-order valence-corrected chi connectivity index (χ4v) is 3.38. The van der Waals surface area contributed by atoms with Crippen molar-refractivity contribution >= 4 is 0 Å². The van der Waals surface area contributed by atoms with Gasteiger partial charge in [0.25, 0.3) is 0 Å². The summed E-state index contributed by atoms with van der Waals surface area (Å²) in [6, 6.07) is 10.1. The van der Waals surface area contributed by atoms with Gasteiger partial charge < -0.3 is 5.11 Å². The van der Waals surface area contributed by atoms with Crippen LogP contribution in [-0.4, -0.2) is 14.2 Å². The molecule has 0 fully saturated rings. The van der Waals surface area contributed by atoms with Crippen LogP contribution in [0.2, 0.25) is 0 Å². The van der Waals surface area contributed by atoms with Gasteiger partial charge >= 0.3 is 5.69 Å². The smallest absolute Gasteiger partial charge is 0.328 e. The predicted octanol–water partition coefficient (Wildman–Crippen LogP) is 4.93. The van der Waals surface area contributed by atoms with Crippen molar-refractivity contribution < 1.29 is 5.11 Å². The van der Waals surface area contributed by atoms with Gasteiger partial charge in [0, 0.05) is 24.9 Å². The van der Waals surface area contributed by atoms with Crippen molar-refractivity contribution in [2.24, 2.45) is 0 Å². The van der Waals surface area contributed by atoms with E-state index in [1.165, 1.54) is 5.57 Å². The van der Waals surface area contributed by atoms with E-state index in [0.717, 1.165) is 30.5 Å². The van der Waals surface area contributed by atoms with Gasteiger partial charge in [-0.05, 0) is 43.4 Å². The van der Waals surface area contributed by atoms with E-state index in [1.54, 1.807) is 10.6 Å². The molecule has 0 bridgehead atoms. The third kappa shape index (κ3) is 5.26. The second-order valence-electron chi connectivity index (χ2n) is 7.06. The summed E-state index contributed by atoms with van der Waals surface area (Å²) < 4.78 is 3.67. The van der Waals surface area contributed by atoms with Crippen LogP contribution in [-0.2, 0) is 19.5 Å². The van der Waals surface area contributed by atoms with Crippen LogP contribution in [0.4, 0.5) is 0 Å². The highest BCUT2D eigenvalue weighted by Crippen LogP contribution is 2.16. The standard InChI is InChI=1S/C24H28N2O2/c1-2-3-17-26-22(13-7-11-20-12-8-14-23(27)16-15-20)19-25(24(26)28)18-21-9-5-4-6-10-21/h2-6,8-10,12,15-16,19,27H,7,11,13-14,17-18H2,1H3/b3-2+. The number of hydrogen-bond acceptors (Lipinski definition) is 2. The molecule has 0 saturated heterocycles. The van der Waals surface area contributed by atoms with Crippen LogP contribution in [0.5, 0.6) is 0 Å². The Bertz CT molecular complexity index is 956. The lowest BCUT2D eigenvalue weighted by molar-refractivity contribution is 0.402. The number of aryl methyl sites for hydroxylation is 1. The van der Waals surface area contributed by atoms with Gasteiger partial charge in [-0.1, -0.05) is 60.7 Å². The molecule has 1 N–H and O–H groups in total. The van der Waals surface area contributed by atoms with Gasteiger partial charge in [-0.3, -0.25) is 9.13 Å². The largest absolute Gasteiger partial charge is 0.512 e. The molecule has 1 aromatic heterocycles. The van der Waals surface area contributed by atoms with Gasteiger partial charge in [-0.25, -0.2) is 4.79 Å². The summed E-state index contributed by atoms with van der Waals surface area (Å²) in [5, 5.41) is 9.60. The van der Waals surface area contributed by atoms with Crippen molar-refractivity contribution in [3.8, 4) is 0 Å². The van der Waals surface area contributed by atoms with Gasteiger partial charge in [0.15, 0.2) is 0 Å². The highest BCUT2D eigenvalue weighted by molar-refractivity contribution is 5.29. The zero-order chi connectivity index (χ0) is 19.8. The Labute approximate surface area is 166 Å². The van der Waals surface area contributed by atoms with Crippen LogP contribution in [0.1, 0.15) is 37.4 Å². The Balaban J connectivity index is 1.73. The molecule has 28 heavy (non-hydrogen) atoms. The number of nitrogens with zero attached hydrogens (tertiary/aromatic N) is 2. The van der Waals surface area contributed by atoms with Crippen LogP contribution < -0.4 is 5.69 Å². The molecule has 1 aliphatic carbocycles. The minimum atomic E-state index is 0.0402. The molecule has 0 unspecified atom stereocenters. The third-order valence-corrected chi connectivity index (χ3v) is 4.89. The maximum atomic E-state index is 12.9. The minimum Gasteiger partial charge on any atom is -0.512 e. The Hall–Kier alpha value is -3.01. The second-order valence-corrected chi connectivity index (χ2v) is 7.06. The van der Waals surface area contributed by atoms with Crippen LogP contribution in [0, 0.1) is 0 Å². The van der Waals surface area contributed by atoms with Crippen molar-refractivity contribution in [3.63, 3.8) is 0 Å². The first-order valence-corrected chi connectivity index (χ1v) is 9.86.